The maximum Gasteiger partial charge on any atom is 0.472 e. The van der Waals surface area contributed by atoms with Gasteiger partial charge in [0.15, 0.2) is 0 Å². The van der Waals surface area contributed by atoms with Gasteiger partial charge in [-0.15, -0.1) is 0 Å². The molecular formula is C59H109O12P. The van der Waals surface area contributed by atoms with E-state index >= 15 is 0 Å². The molecule has 0 bridgehead atoms. The lowest BCUT2D eigenvalue weighted by atomic mass is 9.85. The summed E-state index contributed by atoms with van der Waals surface area (Å²) in [7, 11) is -5.03. The van der Waals surface area contributed by atoms with Gasteiger partial charge in [0, 0.05) is 13.0 Å². The Labute approximate surface area is 439 Å². The summed E-state index contributed by atoms with van der Waals surface area (Å²) in [6.45, 7) is 4.28. The van der Waals surface area contributed by atoms with E-state index in [1.54, 1.807) is 0 Å². The van der Waals surface area contributed by atoms with E-state index in [1.165, 1.54) is 167 Å². The Morgan fingerprint density at radius 3 is 1.19 bits per heavy atom. The van der Waals surface area contributed by atoms with Gasteiger partial charge < -0.3 is 39.9 Å². The molecule has 6 N–H and O–H groups in total. The lowest BCUT2D eigenvalue weighted by Crippen LogP contribution is -2.64. The van der Waals surface area contributed by atoms with E-state index in [4.69, 9.17) is 18.5 Å². The minimum Gasteiger partial charge on any atom is -0.457 e. The Hall–Kier alpha value is -1.70. The van der Waals surface area contributed by atoms with Crippen molar-refractivity contribution < 1.29 is 58.3 Å². The average molecular weight is 1040 g/mol. The summed E-state index contributed by atoms with van der Waals surface area (Å²) in [5.41, 5.74) is 0. The summed E-state index contributed by atoms with van der Waals surface area (Å²) >= 11 is 0. The van der Waals surface area contributed by atoms with E-state index in [0.717, 1.165) is 64.2 Å². The summed E-state index contributed by atoms with van der Waals surface area (Å²) in [5, 5.41) is 50.5. The van der Waals surface area contributed by atoms with Gasteiger partial charge in [0.2, 0.25) is 0 Å². The molecule has 0 saturated heterocycles. The first-order valence-electron chi connectivity index (χ1n) is 29.5. The molecule has 0 aromatic heterocycles. The van der Waals surface area contributed by atoms with Crippen LogP contribution in [-0.2, 0) is 27.9 Å². The van der Waals surface area contributed by atoms with E-state index in [9.17, 15) is 39.8 Å². The van der Waals surface area contributed by atoms with Crippen LogP contribution in [0.2, 0.25) is 0 Å². The van der Waals surface area contributed by atoms with E-state index in [2.05, 4.69) is 62.5 Å². The predicted octanol–water partition coefficient (Wildman–Crippen LogP) is 14.3. The molecule has 1 rings (SSSR count). The highest BCUT2D eigenvalue weighted by atomic mass is 31.2. The van der Waals surface area contributed by atoms with Gasteiger partial charge in [0.25, 0.3) is 0 Å². The average Bonchev–Trinajstić information content (AvgIpc) is 3.37. The molecule has 1 aliphatic carbocycles. The van der Waals surface area contributed by atoms with Crippen molar-refractivity contribution in [1.29, 1.82) is 0 Å². The molecule has 422 valence electrons. The smallest absolute Gasteiger partial charge is 0.457 e. The highest BCUT2D eigenvalue weighted by Gasteiger charge is 2.51. The maximum absolute atomic E-state index is 12.9. The van der Waals surface area contributed by atoms with Gasteiger partial charge >= 0.3 is 13.8 Å². The monoisotopic (exact) mass is 1040 g/mol. The molecule has 0 aliphatic heterocycles. The van der Waals surface area contributed by atoms with Gasteiger partial charge in [-0.3, -0.25) is 13.8 Å². The van der Waals surface area contributed by atoms with Crippen LogP contribution in [0.3, 0.4) is 0 Å². The van der Waals surface area contributed by atoms with Crippen molar-refractivity contribution in [3.05, 3.63) is 48.6 Å². The molecule has 1 fully saturated rings. The number of allylic oxidation sites excluding steroid dienone is 8. The summed E-state index contributed by atoms with van der Waals surface area (Å²) in [6.07, 6.45) is 50.3. The van der Waals surface area contributed by atoms with Crippen molar-refractivity contribution in [3.8, 4) is 0 Å². The second-order valence-electron chi connectivity index (χ2n) is 20.5. The minimum absolute atomic E-state index is 0.0802. The Balaban J connectivity index is 2.29. The van der Waals surface area contributed by atoms with Gasteiger partial charge in [-0.1, -0.05) is 223 Å². The maximum atomic E-state index is 12.9. The van der Waals surface area contributed by atoms with Crippen LogP contribution in [-0.4, -0.2) is 98.9 Å². The Kier molecular flexibility index (Phi) is 46.4. The van der Waals surface area contributed by atoms with E-state index < -0.39 is 63.1 Å². The third kappa shape index (κ3) is 39.7. The van der Waals surface area contributed by atoms with Crippen molar-refractivity contribution in [3.63, 3.8) is 0 Å². The number of unbranched alkanes of at least 4 members (excludes halogenated alkanes) is 31. The standard InChI is InChI=1S/C59H109O12P/c1-3-5-7-9-11-13-15-17-19-21-23-25-27-28-30-32-34-36-38-40-42-44-46-48-53(60)70-52(51-69-72(66,67)71-59-57(64)55(62)54(61)56(63)58(59)65)50-68-49-47-45-43-41-39-37-35-33-31-29-26-24-22-20-18-16-14-12-10-8-6-4-2/h15,17,21-24,27-28,52,54-59,61-65H,3-14,16,18-20,25-26,29-51H2,1-2H3,(H,66,67)/b17-15-,23-21-,24-22-,28-27-. The summed E-state index contributed by atoms with van der Waals surface area (Å²) in [4.78, 5) is 23.3. The first-order valence-corrected chi connectivity index (χ1v) is 31.0. The fourth-order valence-corrected chi connectivity index (χ4v) is 9.98. The zero-order valence-corrected chi connectivity index (χ0v) is 46.6. The van der Waals surface area contributed by atoms with Gasteiger partial charge in [-0.25, -0.2) is 4.57 Å². The van der Waals surface area contributed by atoms with Gasteiger partial charge in [0.1, 0.15) is 42.7 Å². The molecule has 6 unspecified atom stereocenters. The van der Waals surface area contributed by atoms with Crippen LogP contribution in [0, 0.1) is 0 Å². The number of hydrogen-bond donors (Lipinski definition) is 6. The van der Waals surface area contributed by atoms with Crippen molar-refractivity contribution in [2.45, 2.75) is 301 Å². The van der Waals surface area contributed by atoms with Crippen LogP contribution >= 0.6 is 7.82 Å². The number of carbonyl (C=O) groups excluding carboxylic acids is 1. The minimum atomic E-state index is -5.03. The predicted molar refractivity (Wildman–Crippen MR) is 295 cm³/mol. The molecule has 0 radical (unpaired) electrons. The number of hydrogen-bond acceptors (Lipinski definition) is 11. The topological polar surface area (TPSA) is 192 Å². The number of aliphatic hydroxyl groups is 5. The molecule has 1 aliphatic rings. The fourth-order valence-electron chi connectivity index (χ4n) is 9.01. The molecule has 0 aromatic carbocycles. The molecule has 6 atom stereocenters. The van der Waals surface area contributed by atoms with E-state index in [1.807, 2.05) is 0 Å². The molecule has 0 amide bonds. The summed E-state index contributed by atoms with van der Waals surface area (Å²) in [5.74, 6) is -0.482. The number of phosphoric acid groups is 1. The summed E-state index contributed by atoms with van der Waals surface area (Å²) < 4.78 is 34.4. The molecular weight excluding hydrogens is 932 g/mol. The zero-order valence-electron chi connectivity index (χ0n) is 45.7. The molecule has 12 nitrogen and oxygen atoms in total. The van der Waals surface area contributed by atoms with Crippen LogP contribution in [0.4, 0.5) is 0 Å². The lowest BCUT2D eigenvalue weighted by Gasteiger charge is -2.41. The third-order valence-electron chi connectivity index (χ3n) is 13.7. The second kappa shape index (κ2) is 48.9. The van der Waals surface area contributed by atoms with E-state index in [0.29, 0.717) is 13.0 Å². The molecule has 0 spiro atoms. The van der Waals surface area contributed by atoms with Crippen LogP contribution in [0.1, 0.15) is 258 Å². The van der Waals surface area contributed by atoms with E-state index in [-0.39, 0.29) is 13.0 Å². The van der Waals surface area contributed by atoms with Crippen molar-refractivity contribution in [1.82, 2.24) is 0 Å². The van der Waals surface area contributed by atoms with Crippen LogP contribution in [0.25, 0.3) is 0 Å². The summed E-state index contributed by atoms with van der Waals surface area (Å²) in [6, 6.07) is 0. The second-order valence-corrected chi connectivity index (χ2v) is 21.9. The number of rotatable bonds is 51. The largest absolute Gasteiger partial charge is 0.472 e. The van der Waals surface area contributed by atoms with Gasteiger partial charge in [-0.2, -0.15) is 0 Å². The number of phosphoric ester groups is 1. The molecule has 72 heavy (non-hydrogen) atoms. The van der Waals surface area contributed by atoms with Crippen molar-refractivity contribution >= 4 is 13.8 Å². The quantitative estimate of drug-likeness (QED) is 0.0146. The number of aliphatic hydroxyl groups excluding tert-OH is 5. The van der Waals surface area contributed by atoms with Crippen LogP contribution < -0.4 is 0 Å². The first kappa shape index (κ1) is 68.3. The number of ether oxygens (including phenoxy) is 2. The Morgan fingerprint density at radius 1 is 0.444 bits per heavy atom. The van der Waals surface area contributed by atoms with Gasteiger partial charge in [-0.05, 0) is 77.0 Å². The number of carbonyl (C=O) groups is 1. The highest BCUT2D eigenvalue weighted by molar-refractivity contribution is 7.47. The van der Waals surface area contributed by atoms with Gasteiger partial charge in [0.05, 0.1) is 13.2 Å². The molecule has 0 aromatic rings. The van der Waals surface area contributed by atoms with Crippen molar-refractivity contribution in [2.24, 2.45) is 0 Å². The number of esters is 1. The van der Waals surface area contributed by atoms with Crippen LogP contribution in [0.15, 0.2) is 48.6 Å². The van der Waals surface area contributed by atoms with Crippen LogP contribution in [0.5, 0.6) is 0 Å². The lowest BCUT2D eigenvalue weighted by molar-refractivity contribution is -0.220. The molecule has 13 heteroatoms. The molecule has 1 saturated carbocycles. The Bertz CT molecular complexity index is 1370. The zero-order chi connectivity index (χ0) is 52.6. The van der Waals surface area contributed by atoms with Crippen molar-refractivity contribution in [2.75, 3.05) is 19.8 Å². The highest BCUT2D eigenvalue weighted by Crippen LogP contribution is 2.47. The normalized spacial score (nSPS) is 20.9. The fraction of sp³-hybridized carbons (Fsp3) is 0.847. The third-order valence-corrected chi connectivity index (χ3v) is 14.7. The molecule has 0 heterocycles. The Morgan fingerprint density at radius 2 is 0.778 bits per heavy atom. The first-order chi connectivity index (χ1) is 35.0. The SMILES string of the molecule is CCCCCCC/C=C\C/C=C\C/C=C\CCCCCCCCCCC(=O)OC(COCCCCCCCCCCCC/C=C\CCCCCCCCCC)COP(=O)(O)OC1C(O)C(O)C(O)C(O)C1O.